The van der Waals surface area contributed by atoms with Gasteiger partial charge in [-0.1, -0.05) is 115 Å². The highest BCUT2D eigenvalue weighted by atomic mass is 16.5. The zero-order valence-corrected chi connectivity index (χ0v) is 24.8. The van der Waals surface area contributed by atoms with Gasteiger partial charge in [-0.05, 0) is 70.3 Å². The molecule has 1 aliphatic carbocycles. The van der Waals surface area contributed by atoms with Gasteiger partial charge in [0.1, 0.15) is 22.7 Å². The Morgan fingerprint density at radius 2 is 1.04 bits per heavy atom. The molecule has 0 saturated carbocycles. The first-order valence-corrected chi connectivity index (χ1v) is 15.7. The molecule has 216 valence electrons. The summed E-state index contributed by atoms with van der Waals surface area (Å²) in [6.45, 7) is 0. The first kappa shape index (κ1) is 25.3. The first-order chi connectivity index (χ1) is 22.8. The number of nitrogens with one attached hydrogen (secondary N) is 1. The molecule has 3 heteroatoms. The molecule has 0 bridgehead atoms. The zero-order chi connectivity index (χ0) is 30.2. The van der Waals surface area contributed by atoms with Gasteiger partial charge < -0.3 is 14.5 Å². The highest BCUT2D eigenvalue weighted by molar-refractivity contribution is 6.12. The molecule has 1 aromatic heterocycles. The summed E-state index contributed by atoms with van der Waals surface area (Å²) >= 11 is 0. The van der Waals surface area contributed by atoms with Gasteiger partial charge in [0.05, 0.1) is 16.5 Å². The third-order valence-corrected chi connectivity index (χ3v) is 9.76. The Balaban J connectivity index is 1.19. The Kier molecular flexibility index (Phi) is 5.20. The Hall–Kier alpha value is -6.06. The second-order valence-corrected chi connectivity index (χ2v) is 12.1. The summed E-state index contributed by atoms with van der Waals surface area (Å²) in [6, 6.07) is 55.8. The normalized spacial score (nSPS) is 13.6. The lowest BCUT2D eigenvalue weighted by Crippen LogP contribution is -2.32. The van der Waals surface area contributed by atoms with Crippen LogP contribution in [0.2, 0.25) is 0 Å². The molecule has 46 heavy (non-hydrogen) atoms. The largest absolute Gasteiger partial charge is 0.457 e. The van der Waals surface area contributed by atoms with Gasteiger partial charge >= 0.3 is 0 Å². The molecule has 0 unspecified atom stereocenters. The van der Waals surface area contributed by atoms with Gasteiger partial charge in [-0.25, -0.2) is 0 Å². The number of benzene rings is 7. The minimum atomic E-state index is -0.503. The Bertz CT molecular complexity index is 2460. The second kappa shape index (κ2) is 9.47. The quantitative estimate of drug-likeness (QED) is 0.223. The number of furan rings is 1. The van der Waals surface area contributed by atoms with Crippen LogP contribution in [0.1, 0.15) is 22.3 Å². The average molecular weight is 590 g/mol. The molecule has 2 heterocycles. The van der Waals surface area contributed by atoms with E-state index in [-0.39, 0.29) is 0 Å². The van der Waals surface area contributed by atoms with Crippen molar-refractivity contribution in [2.24, 2.45) is 0 Å². The van der Waals surface area contributed by atoms with Gasteiger partial charge in [0, 0.05) is 27.8 Å². The van der Waals surface area contributed by atoms with E-state index in [1.165, 1.54) is 27.8 Å². The van der Waals surface area contributed by atoms with E-state index in [1.54, 1.807) is 0 Å². The molecule has 0 amide bonds. The highest BCUT2D eigenvalue weighted by Crippen LogP contribution is 2.62. The molecule has 1 spiro atoms. The van der Waals surface area contributed by atoms with Crippen molar-refractivity contribution in [3.05, 3.63) is 180 Å². The van der Waals surface area contributed by atoms with Crippen LogP contribution in [0.3, 0.4) is 0 Å². The number of fused-ring (bicyclic) bond motifs is 12. The molecule has 0 atom stereocenters. The molecule has 7 aromatic carbocycles. The van der Waals surface area contributed by atoms with E-state index in [1.807, 2.05) is 24.3 Å². The summed E-state index contributed by atoms with van der Waals surface area (Å²) in [6.07, 6.45) is 0. The van der Waals surface area contributed by atoms with Gasteiger partial charge in [-0.15, -0.1) is 0 Å². The predicted molar refractivity (Wildman–Crippen MR) is 186 cm³/mol. The Labute approximate surface area is 266 Å². The van der Waals surface area contributed by atoms with Crippen LogP contribution >= 0.6 is 0 Å². The third kappa shape index (κ3) is 3.37. The minimum absolute atomic E-state index is 0.503. The van der Waals surface area contributed by atoms with Crippen LogP contribution in [0.15, 0.2) is 162 Å². The van der Waals surface area contributed by atoms with Crippen LogP contribution < -0.4 is 10.1 Å². The maximum absolute atomic E-state index is 6.67. The maximum Gasteiger partial charge on any atom is 0.137 e. The molecular weight excluding hydrogens is 562 g/mol. The molecule has 8 aromatic rings. The van der Waals surface area contributed by atoms with E-state index in [4.69, 9.17) is 9.15 Å². The van der Waals surface area contributed by atoms with Gasteiger partial charge in [0.25, 0.3) is 0 Å². The minimum Gasteiger partial charge on any atom is -0.457 e. The molecule has 1 aliphatic heterocycles. The second-order valence-electron chi connectivity index (χ2n) is 12.1. The van der Waals surface area contributed by atoms with Crippen LogP contribution in [0.4, 0.5) is 11.4 Å². The van der Waals surface area contributed by atoms with Crippen molar-refractivity contribution in [2.45, 2.75) is 5.41 Å². The van der Waals surface area contributed by atoms with E-state index in [2.05, 4.69) is 139 Å². The molecule has 2 aliphatic rings. The monoisotopic (exact) mass is 589 g/mol. The molecular formula is C43H27NO2. The molecule has 0 fully saturated rings. The predicted octanol–water partition coefficient (Wildman–Crippen LogP) is 11.5. The summed E-state index contributed by atoms with van der Waals surface area (Å²) in [4.78, 5) is 0. The van der Waals surface area contributed by atoms with Gasteiger partial charge in [0.2, 0.25) is 0 Å². The fourth-order valence-electron chi connectivity index (χ4n) is 7.89. The number of hydrogen-bond acceptors (Lipinski definition) is 3. The number of hydrogen-bond donors (Lipinski definition) is 1. The molecule has 1 N–H and O–H groups in total. The standard InChI is InChI=1S/C43H27NO2/c1-5-16-32-29(13-1)30-14-2-6-17-33(30)43(32)34-18-7-10-22-39(34)46-40-25-24-27(26-35(40)43)28-12-3-8-19-36(28)44-37-20-11-23-41-42(37)31-15-4-9-21-38(31)45-41/h1-26,44H. The van der Waals surface area contributed by atoms with E-state index >= 15 is 0 Å². The van der Waals surface area contributed by atoms with Crippen molar-refractivity contribution >= 4 is 33.3 Å². The average Bonchev–Trinajstić information content (AvgIpc) is 3.64. The Morgan fingerprint density at radius 3 is 1.87 bits per heavy atom. The van der Waals surface area contributed by atoms with Crippen LogP contribution in [0.5, 0.6) is 11.5 Å². The first-order valence-electron chi connectivity index (χ1n) is 15.7. The number of ether oxygens (including phenoxy) is 1. The highest BCUT2D eigenvalue weighted by Gasteiger charge is 2.51. The van der Waals surface area contributed by atoms with Crippen molar-refractivity contribution in [2.75, 3.05) is 5.32 Å². The van der Waals surface area contributed by atoms with Crippen molar-refractivity contribution < 1.29 is 9.15 Å². The lowest BCUT2D eigenvalue weighted by Gasteiger charge is -2.39. The number of anilines is 2. The van der Waals surface area contributed by atoms with Crippen LogP contribution in [0.25, 0.3) is 44.2 Å². The zero-order valence-electron chi connectivity index (χ0n) is 24.8. The Morgan fingerprint density at radius 1 is 0.435 bits per heavy atom. The fourth-order valence-corrected chi connectivity index (χ4v) is 7.89. The van der Waals surface area contributed by atoms with Gasteiger partial charge in [-0.2, -0.15) is 0 Å². The summed E-state index contributed by atoms with van der Waals surface area (Å²) in [7, 11) is 0. The summed E-state index contributed by atoms with van der Waals surface area (Å²) in [5, 5.41) is 5.97. The lowest BCUT2D eigenvalue weighted by molar-refractivity contribution is 0.436. The topological polar surface area (TPSA) is 34.4 Å². The van der Waals surface area contributed by atoms with E-state index in [0.717, 1.165) is 61.5 Å². The number of para-hydroxylation sites is 3. The lowest BCUT2D eigenvalue weighted by atomic mass is 9.66. The molecule has 0 saturated heterocycles. The van der Waals surface area contributed by atoms with E-state index < -0.39 is 5.41 Å². The van der Waals surface area contributed by atoms with Crippen molar-refractivity contribution in [1.82, 2.24) is 0 Å². The van der Waals surface area contributed by atoms with Crippen LogP contribution in [-0.4, -0.2) is 0 Å². The summed E-state index contributed by atoms with van der Waals surface area (Å²) in [5.41, 5.74) is 13.0. The van der Waals surface area contributed by atoms with E-state index in [9.17, 15) is 0 Å². The smallest absolute Gasteiger partial charge is 0.137 e. The van der Waals surface area contributed by atoms with Gasteiger partial charge in [0.15, 0.2) is 0 Å². The summed E-state index contributed by atoms with van der Waals surface area (Å²) in [5.74, 6) is 1.78. The van der Waals surface area contributed by atoms with Crippen molar-refractivity contribution in [3.63, 3.8) is 0 Å². The van der Waals surface area contributed by atoms with Gasteiger partial charge in [-0.3, -0.25) is 0 Å². The van der Waals surface area contributed by atoms with Crippen molar-refractivity contribution in [3.8, 4) is 33.8 Å². The molecule has 10 rings (SSSR count). The summed E-state index contributed by atoms with van der Waals surface area (Å²) < 4.78 is 12.9. The maximum atomic E-state index is 6.67. The van der Waals surface area contributed by atoms with Crippen LogP contribution in [0, 0.1) is 0 Å². The fraction of sp³-hybridized carbons (Fsp3) is 0.0233. The third-order valence-electron chi connectivity index (χ3n) is 9.76. The van der Waals surface area contributed by atoms with E-state index in [0.29, 0.717) is 0 Å². The number of rotatable bonds is 3. The van der Waals surface area contributed by atoms with Crippen molar-refractivity contribution in [1.29, 1.82) is 0 Å². The molecule has 0 radical (unpaired) electrons. The SMILES string of the molecule is c1ccc(-c2ccc3c(c2)C2(c4ccccc4O3)c3ccccc3-c3ccccc32)c(Nc2cccc3oc4ccccc4c23)c1. The van der Waals surface area contributed by atoms with Crippen LogP contribution in [-0.2, 0) is 5.41 Å². The molecule has 3 nitrogen and oxygen atoms in total.